The maximum Gasteiger partial charge on any atom is 0.317 e. The molecule has 0 bridgehead atoms. The van der Waals surface area contributed by atoms with Gasteiger partial charge in [-0.3, -0.25) is 9.59 Å². The molecule has 1 saturated heterocycles. The molecular weight excluding hydrogens is 192 g/mol. The first-order valence-electron chi connectivity index (χ1n) is 5.79. The molecule has 15 heavy (non-hydrogen) atoms. The Morgan fingerprint density at radius 2 is 2.07 bits per heavy atom. The van der Waals surface area contributed by atoms with Crippen LogP contribution in [0, 0.1) is 17.8 Å². The number of esters is 2. The van der Waals surface area contributed by atoms with Crippen molar-refractivity contribution in [3.63, 3.8) is 0 Å². The van der Waals surface area contributed by atoms with Gasteiger partial charge >= 0.3 is 11.9 Å². The van der Waals surface area contributed by atoms with Gasteiger partial charge in [-0.2, -0.15) is 0 Å². The largest absolute Gasteiger partial charge is 0.393 e. The molecule has 0 aromatic rings. The average molecular weight is 212 g/mol. The summed E-state index contributed by atoms with van der Waals surface area (Å²) in [6.45, 7) is 6.39. The number of rotatable bonds is 5. The molecule has 3 heteroatoms. The highest BCUT2D eigenvalue weighted by molar-refractivity contribution is 5.94. The minimum absolute atomic E-state index is 0.181. The molecular formula is C12H20O3. The van der Waals surface area contributed by atoms with E-state index in [0.29, 0.717) is 11.8 Å². The molecule has 1 rings (SSSR count). The Balaban J connectivity index is 2.62. The summed E-state index contributed by atoms with van der Waals surface area (Å²) < 4.78 is 4.60. The van der Waals surface area contributed by atoms with Gasteiger partial charge in [0.05, 0.1) is 12.3 Å². The van der Waals surface area contributed by atoms with E-state index in [-0.39, 0.29) is 24.3 Å². The van der Waals surface area contributed by atoms with E-state index in [1.54, 1.807) is 0 Å². The highest BCUT2D eigenvalue weighted by Gasteiger charge is 2.38. The van der Waals surface area contributed by atoms with E-state index < -0.39 is 0 Å². The molecule has 0 N–H and O–H groups in total. The van der Waals surface area contributed by atoms with Crippen LogP contribution in [0.25, 0.3) is 0 Å². The molecule has 1 fully saturated rings. The van der Waals surface area contributed by atoms with Crippen molar-refractivity contribution >= 4 is 11.9 Å². The number of cyclic esters (lactones) is 2. The first-order valence-corrected chi connectivity index (χ1v) is 5.79. The normalized spacial score (nSPS) is 23.3. The Morgan fingerprint density at radius 3 is 2.47 bits per heavy atom. The van der Waals surface area contributed by atoms with Crippen molar-refractivity contribution in [3.05, 3.63) is 0 Å². The summed E-state index contributed by atoms with van der Waals surface area (Å²) in [5.41, 5.74) is 0. The second-order valence-corrected chi connectivity index (χ2v) is 4.78. The molecule has 1 heterocycles. The zero-order chi connectivity index (χ0) is 11.4. The molecule has 2 unspecified atom stereocenters. The molecule has 0 aromatic carbocycles. The molecule has 2 atom stereocenters. The lowest BCUT2D eigenvalue weighted by atomic mass is 9.81. The lowest BCUT2D eigenvalue weighted by molar-refractivity contribution is -0.153. The van der Waals surface area contributed by atoms with Gasteiger partial charge in [-0.1, -0.05) is 27.2 Å². The molecule has 0 aliphatic carbocycles. The molecule has 3 nitrogen and oxygen atoms in total. The van der Waals surface area contributed by atoms with Crippen LogP contribution in [0.3, 0.4) is 0 Å². The Kier molecular flexibility index (Phi) is 4.30. The Morgan fingerprint density at radius 1 is 1.40 bits per heavy atom. The first kappa shape index (κ1) is 12.2. The monoisotopic (exact) mass is 212 g/mol. The minimum Gasteiger partial charge on any atom is -0.393 e. The van der Waals surface area contributed by atoms with Crippen LogP contribution in [0.5, 0.6) is 0 Å². The van der Waals surface area contributed by atoms with E-state index in [1.807, 2.05) is 0 Å². The topological polar surface area (TPSA) is 43.4 Å². The summed E-state index contributed by atoms with van der Waals surface area (Å²) in [5.74, 6) is 0.0350. The lowest BCUT2D eigenvalue weighted by Crippen LogP contribution is -2.21. The third kappa shape index (κ3) is 3.33. The van der Waals surface area contributed by atoms with E-state index >= 15 is 0 Å². The molecule has 0 saturated carbocycles. The second-order valence-electron chi connectivity index (χ2n) is 4.78. The number of carbonyl (C=O) groups excluding carboxylic acids is 2. The Hall–Kier alpha value is -0.860. The van der Waals surface area contributed by atoms with Gasteiger partial charge in [0, 0.05) is 0 Å². The van der Waals surface area contributed by atoms with Crippen molar-refractivity contribution in [2.45, 2.75) is 46.5 Å². The third-order valence-corrected chi connectivity index (χ3v) is 2.91. The third-order valence-electron chi connectivity index (χ3n) is 2.91. The SMILES string of the molecule is CCCC(CC(C)C)C1CC(=O)OC1=O. The zero-order valence-corrected chi connectivity index (χ0v) is 9.79. The highest BCUT2D eigenvalue weighted by Crippen LogP contribution is 2.32. The van der Waals surface area contributed by atoms with Crippen molar-refractivity contribution in [2.75, 3.05) is 0 Å². The van der Waals surface area contributed by atoms with Crippen molar-refractivity contribution in [1.82, 2.24) is 0 Å². The van der Waals surface area contributed by atoms with Crippen LogP contribution in [-0.2, 0) is 14.3 Å². The van der Waals surface area contributed by atoms with E-state index in [1.165, 1.54) is 0 Å². The van der Waals surface area contributed by atoms with Gasteiger partial charge in [0.25, 0.3) is 0 Å². The number of ether oxygens (including phenoxy) is 1. The maximum absolute atomic E-state index is 11.4. The summed E-state index contributed by atoms with van der Waals surface area (Å²) in [7, 11) is 0. The molecule has 0 spiro atoms. The standard InChI is InChI=1S/C12H20O3/c1-4-5-9(6-8(2)3)10-7-11(13)15-12(10)14/h8-10H,4-7H2,1-3H3. The van der Waals surface area contributed by atoms with Gasteiger partial charge in [-0.15, -0.1) is 0 Å². The van der Waals surface area contributed by atoms with Gasteiger partial charge in [0.15, 0.2) is 0 Å². The van der Waals surface area contributed by atoms with Crippen molar-refractivity contribution in [2.24, 2.45) is 17.8 Å². The molecule has 86 valence electrons. The fourth-order valence-corrected chi connectivity index (χ4v) is 2.31. The molecule has 1 aliphatic rings. The molecule has 0 aromatic heterocycles. The second kappa shape index (κ2) is 5.29. The zero-order valence-electron chi connectivity index (χ0n) is 9.79. The van der Waals surface area contributed by atoms with E-state index in [4.69, 9.17) is 0 Å². The summed E-state index contributed by atoms with van der Waals surface area (Å²) in [6.07, 6.45) is 3.34. The van der Waals surface area contributed by atoms with E-state index in [9.17, 15) is 9.59 Å². The van der Waals surface area contributed by atoms with Crippen molar-refractivity contribution < 1.29 is 14.3 Å². The van der Waals surface area contributed by atoms with Crippen molar-refractivity contribution in [1.29, 1.82) is 0 Å². The van der Waals surface area contributed by atoms with Gasteiger partial charge in [0.2, 0.25) is 0 Å². The van der Waals surface area contributed by atoms with Crippen LogP contribution < -0.4 is 0 Å². The van der Waals surface area contributed by atoms with Crippen LogP contribution >= 0.6 is 0 Å². The summed E-state index contributed by atoms with van der Waals surface area (Å²) in [5, 5.41) is 0. The lowest BCUT2D eigenvalue weighted by Gasteiger charge is -2.21. The number of hydrogen-bond donors (Lipinski definition) is 0. The quantitative estimate of drug-likeness (QED) is 0.519. The van der Waals surface area contributed by atoms with E-state index in [2.05, 4.69) is 25.5 Å². The fourth-order valence-electron chi connectivity index (χ4n) is 2.31. The number of hydrogen-bond acceptors (Lipinski definition) is 3. The summed E-state index contributed by atoms with van der Waals surface area (Å²) >= 11 is 0. The summed E-state index contributed by atoms with van der Waals surface area (Å²) in [6, 6.07) is 0. The van der Waals surface area contributed by atoms with Crippen LogP contribution in [0.4, 0.5) is 0 Å². The Labute approximate surface area is 91.2 Å². The highest BCUT2D eigenvalue weighted by atomic mass is 16.6. The molecule has 1 aliphatic heterocycles. The Bertz CT molecular complexity index is 245. The van der Waals surface area contributed by atoms with Crippen LogP contribution in [0.2, 0.25) is 0 Å². The smallest absolute Gasteiger partial charge is 0.317 e. The number of carbonyl (C=O) groups is 2. The maximum atomic E-state index is 11.4. The van der Waals surface area contributed by atoms with E-state index in [0.717, 1.165) is 19.3 Å². The first-order chi connectivity index (χ1) is 7.04. The van der Waals surface area contributed by atoms with Gasteiger partial charge < -0.3 is 4.74 Å². The van der Waals surface area contributed by atoms with Gasteiger partial charge in [-0.25, -0.2) is 0 Å². The predicted molar refractivity (Wildman–Crippen MR) is 57.1 cm³/mol. The molecule has 0 amide bonds. The average Bonchev–Trinajstić information content (AvgIpc) is 2.44. The van der Waals surface area contributed by atoms with Gasteiger partial charge in [0.1, 0.15) is 0 Å². The summed E-state index contributed by atoms with van der Waals surface area (Å²) in [4.78, 5) is 22.5. The fraction of sp³-hybridized carbons (Fsp3) is 0.833. The molecule has 0 radical (unpaired) electrons. The van der Waals surface area contributed by atoms with Gasteiger partial charge in [-0.05, 0) is 24.7 Å². The van der Waals surface area contributed by atoms with Crippen LogP contribution in [-0.4, -0.2) is 11.9 Å². The van der Waals surface area contributed by atoms with Crippen LogP contribution in [0.15, 0.2) is 0 Å². The minimum atomic E-state index is -0.352. The van der Waals surface area contributed by atoms with Crippen molar-refractivity contribution in [3.8, 4) is 0 Å². The predicted octanol–water partition coefficient (Wildman–Crippen LogP) is 2.54. The van der Waals surface area contributed by atoms with Crippen LogP contribution in [0.1, 0.15) is 46.5 Å².